The molecule has 4 nitrogen and oxygen atoms in total. The van der Waals surface area contributed by atoms with Gasteiger partial charge in [-0.25, -0.2) is 4.98 Å². The van der Waals surface area contributed by atoms with E-state index in [1.807, 2.05) is 46.7 Å². The molecule has 0 saturated heterocycles. The van der Waals surface area contributed by atoms with Crippen molar-refractivity contribution >= 4 is 16.5 Å². The van der Waals surface area contributed by atoms with Gasteiger partial charge in [0.05, 0.1) is 11.8 Å². The highest BCUT2D eigenvalue weighted by Crippen LogP contribution is 2.24. The minimum absolute atomic E-state index is 0.0788. The lowest BCUT2D eigenvalue weighted by Gasteiger charge is -2.25. The zero-order chi connectivity index (χ0) is 13.9. The van der Waals surface area contributed by atoms with Crippen molar-refractivity contribution in [2.24, 2.45) is 5.41 Å². The molecule has 0 amide bonds. The van der Waals surface area contributed by atoms with Crippen molar-refractivity contribution in [1.82, 2.24) is 10.3 Å². The second kappa shape index (κ2) is 5.99. The van der Waals surface area contributed by atoms with Crippen LogP contribution in [0.3, 0.4) is 0 Å². The van der Waals surface area contributed by atoms with Crippen LogP contribution in [0.1, 0.15) is 31.3 Å². The highest BCUT2D eigenvalue weighted by Gasteiger charge is 2.21. The number of hydrogen-bond acceptors (Lipinski definition) is 5. The number of aliphatic hydroxyl groups is 1. The van der Waals surface area contributed by atoms with Crippen LogP contribution in [0.5, 0.6) is 0 Å². The van der Waals surface area contributed by atoms with Gasteiger partial charge >= 0.3 is 0 Å². The monoisotopic (exact) mass is 271 g/mol. The number of nitrogens with one attached hydrogen (secondary N) is 1. The first-order valence-corrected chi connectivity index (χ1v) is 7.06. The standard InChI is InChI=1S/C13H25N3OS/c1-9-10(18-12(15-9)16(5)6)7-14-8-11(17)13(2,3)4/h11,14,17H,7-8H2,1-6H3. The van der Waals surface area contributed by atoms with Crippen molar-refractivity contribution in [2.45, 2.75) is 40.3 Å². The van der Waals surface area contributed by atoms with Gasteiger partial charge in [0.25, 0.3) is 0 Å². The summed E-state index contributed by atoms with van der Waals surface area (Å²) in [6.45, 7) is 9.54. The summed E-state index contributed by atoms with van der Waals surface area (Å²) < 4.78 is 0. The van der Waals surface area contributed by atoms with E-state index in [0.717, 1.165) is 17.4 Å². The van der Waals surface area contributed by atoms with Gasteiger partial charge in [-0.1, -0.05) is 20.8 Å². The maximum atomic E-state index is 9.94. The van der Waals surface area contributed by atoms with Crippen LogP contribution in [0.25, 0.3) is 0 Å². The highest BCUT2D eigenvalue weighted by atomic mass is 32.1. The van der Waals surface area contributed by atoms with Crippen molar-refractivity contribution in [3.63, 3.8) is 0 Å². The number of thiazole rings is 1. The van der Waals surface area contributed by atoms with Crippen LogP contribution in [-0.2, 0) is 6.54 Å². The summed E-state index contributed by atoms with van der Waals surface area (Å²) in [7, 11) is 4.00. The number of anilines is 1. The first-order valence-electron chi connectivity index (χ1n) is 6.24. The van der Waals surface area contributed by atoms with Gasteiger partial charge in [0.2, 0.25) is 0 Å². The predicted molar refractivity (Wildman–Crippen MR) is 78.3 cm³/mol. The number of nitrogens with zero attached hydrogens (tertiary/aromatic N) is 2. The van der Waals surface area contributed by atoms with Gasteiger partial charge in [-0.15, -0.1) is 11.3 Å². The van der Waals surface area contributed by atoms with E-state index in [2.05, 4.69) is 10.3 Å². The molecule has 0 aromatic carbocycles. The molecule has 1 aromatic heterocycles. The van der Waals surface area contributed by atoms with E-state index in [-0.39, 0.29) is 11.5 Å². The molecule has 0 spiro atoms. The lowest BCUT2D eigenvalue weighted by Crippen LogP contribution is -2.36. The summed E-state index contributed by atoms with van der Waals surface area (Å²) in [5.74, 6) is 0. The molecule has 0 fully saturated rings. The summed E-state index contributed by atoms with van der Waals surface area (Å²) in [6.07, 6.45) is -0.334. The lowest BCUT2D eigenvalue weighted by molar-refractivity contribution is 0.0628. The van der Waals surface area contributed by atoms with Crippen molar-refractivity contribution in [2.75, 3.05) is 25.5 Å². The molecule has 5 heteroatoms. The van der Waals surface area contributed by atoms with E-state index in [4.69, 9.17) is 0 Å². The topological polar surface area (TPSA) is 48.4 Å². The minimum atomic E-state index is -0.334. The van der Waals surface area contributed by atoms with Crippen molar-refractivity contribution < 1.29 is 5.11 Å². The fourth-order valence-corrected chi connectivity index (χ4v) is 2.35. The lowest BCUT2D eigenvalue weighted by atomic mass is 9.89. The summed E-state index contributed by atoms with van der Waals surface area (Å²) in [4.78, 5) is 7.75. The number of hydrogen-bond donors (Lipinski definition) is 2. The van der Waals surface area contributed by atoms with Gasteiger partial charge in [-0.3, -0.25) is 0 Å². The van der Waals surface area contributed by atoms with Crippen LogP contribution in [0.2, 0.25) is 0 Å². The van der Waals surface area contributed by atoms with Crippen LogP contribution in [0.4, 0.5) is 5.13 Å². The zero-order valence-corrected chi connectivity index (χ0v) is 13.1. The maximum Gasteiger partial charge on any atom is 0.185 e. The maximum absolute atomic E-state index is 9.94. The fourth-order valence-electron chi connectivity index (χ4n) is 1.40. The Kier molecular flexibility index (Phi) is 5.13. The molecular weight excluding hydrogens is 246 g/mol. The Labute approximate surface area is 114 Å². The van der Waals surface area contributed by atoms with E-state index in [9.17, 15) is 5.11 Å². The van der Waals surface area contributed by atoms with E-state index < -0.39 is 0 Å². The number of rotatable bonds is 5. The van der Waals surface area contributed by atoms with E-state index in [1.54, 1.807) is 11.3 Å². The largest absolute Gasteiger partial charge is 0.391 e. The Bertz CT molecular complexity index is 382. The SMILES string of the molecule is Cc1nc(N(C)C)sc1CNCC(O)C(C)(C)C. The van der Waals surface area contributed by atoms with Gasteiger partial charge in [0.1, 0.15) is 0 Å². The average molecular weight is 271 g/mol. The summed E-state index contributed by atoms with van der Waals surface area (Å²) >= 11 is 1.70. The summed E-state index contributed by atoms with van der Waals surface area (Å²) in [5, 5.41) is 14.3. The summed E-state index contributed by atoms with van der Waals surface area (Å²) in [5.41, 5.74) is 0.992. The van der Waals surface area contributed by atoms with Gasteiger partial charge in [-0.2, -0.15) is 0 Å². The van der Waals surface area contributed by atoms with Gasteiger partial charge in [0.15, 0.2) is 5.13 Å². The third-order valence-electron chi connectivity index (χ3n) is 2.89. The molecular formula is C13H25N3OS. The Balaban J connectivity index is 2.49. The van der Waals surface area contributed by atoms with Crippen molar-refractivity contribution in [1.29, 1.82) is 0 Å². The quantitative estimate of drug-likeness (QED) is 0.860. The third-order valence-corrected chi connectivity index (χ3v) is 4.21. The van der Waals surface area contributed by atoms with E-state index >= 15 is 0 Å². The summed E-state index contributed by atoms with van der Waals surface area (Å²) in [6, 6.07) is 0. The molecule has 0 saturated carbocycles. The normalized spacial score (nSPS) is 13.7. The van der Waals surface area contributed by atoms with Crippen LogP contribution in [0, 0.1) is 12.3 Å². The molecule has 0 aliphatic rings. The second-order valence-corrected chi connectivity index (χ2v) is 6.97. The average Bonchev–Trinajstić information content (AvgIpc) is 2.59. The van der Waals surface area contributed by atoms with E-state index in [1.165, 1.54) is 4.88 Å². The van der Waals surface area contributed by atoms with Gasteiger partial charge < -0.3 is 15.3 Å². The molecule has 1 aromatic rings. The van der Waals surface area contributed by atoms with Crippen LogP contribution < -0.4 is 10.2 Å². The smallest absolute Gasteiger partial charge is 0.185 e. The molecule has 1 unspecified atom stereocenters. The molecule has 0 radical (unpaired) electrons. The Morgan fingerprint density at radius 1 is 1.39 bits per heavy atom. The first-order chi connectivity index (χ1) is 8.21. The predicted octanol–water partition coefficient (Wildman–Crippen LogP) is 2.01. The van der Waals surface area contributed by atoms with Crippen LogP contribution in [-0.4, -0.2) is 36.8 Å². The molecule has 1 atom stereocenters. The van der Waals surface area contributed by atoms with Crippen molar-refractivity contribution in [3.8, 4) is 0 Å². The number of aromatic nitrogens is 1. The molecule has 1 heterocycles. The zero-order valence-electron chi connectivity index (χ0n) is 12.2. The van der Waals surface area contributed by atoms with Gasteiger partial charge in [-0.05, 0) is 12.3 Å². The molecule has 0 aliphatic heterocycles. The molecule has 2 N–H and O–H groups in total. The van der Waals surface area contributed by atoms with Crippen LogP contribution in [0.15, 0.2) is 0 Å². The Morgan fingerprint density at radius 2 is 2.00 bits per heavy atom. The molecule has 0 aliphatic carbocycles. The fraction of sp³-hybridized carbons (Fsp3) is 0.769. The number of aryl methyl sites for hydroxylation is 1. The minimum Gasteiger partial charge on any atom is -0.391 e. The second-order valence-electron chi connectivity index (χ2n) is 5.91. The van der Waals surface area contributed by atoms with E-state index in [0.29, 0.717) is 6.54 Å². The third kappa shape index (κ3) is 4.23. The first kappa shape index (κ1) is 15.4. The highest BCUT2D eigenvalue weighted by molar-refractivity contribution is 7.15. The molecule has 18 heavy (non-hydrogen) atoms. The molecule has 104 valence electrons. The van der Waals surface area contributed by atoms with Gasteiger partial charge in [0, 0.05) is 32.1 Å². The van der Waals surface area contributed by atoms with Crippen LogP contribution >= 0.6 is 11.3 Å². The molecule has 0 bridgehead atoms. The Morgan fingerprint density at radius 3 is 2.44 bits per heavy atom. The van der Waals surface area contributed by atoms with Crippen molar-refractivity contribution in [3.05, 3.63) is 10.6 Å². The molecule has 1 rings (SSSR count). The Hall–Kier alpha value is -0.650. The number of aliphatic hydroxyl groups excluding tert-OH is 1.